The lowest BCUT2D eigenvalue weighted by molar-refractivity contribution is 0.227. The minimum Gasteiger partial charge on any atom is -0.492 e. The van der Waals surface area contributed by atoms with Crippen LogP contribution in [0.25, 0.3) is 0 Å². The predicted octanol–water partition coefficient (Wildman–Crippen LogP) is 3.60. The molecule has 1 aromatic carbocycles. The molecule has 1 unspecified atom stereocenters. The van der Waals surface area contributed by atoms with E-state index in [-0.39, 0.29) is 0 Å². The summed E-state index contributed by atoms with van der Waals surface area (Å²) in [6.45, 7) is 4.98. The Labute approximate surface area is 105 Å². The number of halogens is 1. The van der Waals surface area contributed by atoms with Gasteiger partial charge in [-0.25, -0.2) is 0 Å². The second-order valence-corrected chi connectivity index (χ2v) is 4.72. The summed E-state index contributed by atoms with van der Waals surface area (Å²) in [6, 6.07) is 9.47. The third kappa shape index (κ3) is 3.53. The van der Waals surface area contributed by atoms with Gasteiger partial charge in [-0.15, -0.1) is 0 Å². The van der Waals surface area contributed by atoms with Crippen molar-refractivity contribution in [2.45, 2.75) is 13.8 Å². The Morgan fingerprint density at radius 1 is 1.38 bits per heavy atom. The number of ether oxygens (including phenoxy) is 1. The van der Waals surface area contributed by atoms with Crippen LogP contribution in [-0.2, 0) is 0 Å². The molecule has 0 aromatic heterocycles. The van der Waals surface area contributed by atoms with E-state index in [2.05, 4.69) is 35.8 Å². The Morgan fingerprint density at radius 2 is 2.06 bits per heavy atom. The van der Waals surface area contributed by atoms with Crippen LogP contribution < -0.4 is 4.74 Å². The molecular formula is C13H16BrNO. The van der Waals surface area contributed by atoms with E-state index in [0.717, 1.165) is 5.33 Å². The summed E-state index contributed by atoms with van der Waals surface area (Å²) in [5.74, 6) is 1.71. The lowest BCUT2D eigenvalue weighted by Gasteiger charge is -2.19. The Kier molecular flexibility index (Phi) is 5.34. The largest absolute Gasteiger partial charge is 0.492 e. The summed E-state index contributed by atoms with van der Waals surface area (Å²) in [5.41, 5.74) is 0.597. The Hall–Kier alpha value is -1.01. The number of hydrogen-bond donors (Lipinski definition) is 0. The maximum atomic E-state index is 8.91. The Morgan fingerprint density at radius 3 is 2.62 bits per heavy atom. The zero-order chi connectivity index (χ0) is 12.0. The average molecular weight is 282 g/mol. The number of hydrogen-bond acceptors (Lipinski definition) is 2. The van der Waals surface area contributed by atoms with Crippen molar-refractivity contribution >= 4 is 15.9 Å². The summed E-state index contributed by atoms with van der Waals surface area (Å²) >= 11 is 3.48. The van der Waals surface area contributed by atoms with Crippen LogP contribution in [0.1, 0.15) is 19.4 Å². The van der Waals surface area contributed by atoms with Gasteiger partial charge in [0.05, 0.1) is 12.2 Å². The quantitative estimate of drug-likeness (QED) is 0.773. The molecule has 0 aliphatic carbocycles. The Bertz CT molecular complexity index is 370. The van der Waals surface area contributed by atoms with Gasteiger partial charge in [-0.3, -0.25) is 0 Å². The number of alkyl halides is 1. The zero-order valence-electron chi connectivity index (χ0n) is 9.61. The number of benzene rings is 1. The molecule has 0 saturated carbocycles. The summed E-state index contributed by atoms with van der Waals surface area (Å²) < 4.78 is 5.69. The first-order valence-electron chi connectivity index (χ1n) is 5.37. The van der Waals surface area contributed by atoms with Crippen molar-refractivity contribution in [3.05, 3.63) is 29.8 Å². The van der Waals surface area contributed by atoms with Crippen LogP contribution in [0, 0.1) is 23.2 Å². The van der Waals surface area contributed by atoms with Crippen LogP contribution in [0.2, 0.25) is 0 Å². The topological polar surface area (TPSA) is 33.0 Å². The highest BCUT2D eigenvalue weighted by Gasteiger charge is 2.13. The first-order valence-corrected chi connectivity index (χ1v) is 6.49. The number of nitrogens with zero attached hydrogens (tertiary/aromatic N) is 1. The summed E-state index contributed by atoms with van der Waals surface area (Å²) in [5, 5.41) is 9.83. The molecule has 0 amide bonds. The normalized spacial score (nSPS) is 12.2. The lowest BCUT2D eigenvalue weighted by Crippen LogP contribution is -2.19. The van der Waals surface area contributed by atoms with Gasteiger partial charge in [-0.2, -0.15) is 5.26 Å². The highest BCUT2D eigenvalue weighted by molar-refractivity contribution is 9.09. The molecule has 1 aromatic rings. The molecule has 0 fully saturated rings. The van der Waals surface area contributed by atoms with Gasteiger partial charge in [0.15, 0.2) is 0 Å². The van der Waals surface area contributed by atoms with Crippen molar-refractivity contribution in [2.24, 2.45) is 11.8 Å². The SMILES string of the molecule is CC(C)C(CBr)COc1ccccc1C#N. The maximum absolute atomic E-state index is 8.91. The first-order chi connectivity index (χ1) is 7.69. The Balaban J connectivity index is 2.64. The molecule has 0 heterocycles. The molecule has 3 heteroatoms. The van der Waals surface area contributed by atoms with Crippen molar-refractivity contribution < 1.29 is 4.74 Å². The second-order valence-electron chi connectivity index (χ2n) is 4.08. The molecule has 0 bridgehead atoms. The van der Waals surface area contributed by atoms with E-state index >= 15 is 0 Å². The van der Waals surface area contributed by atoms with Crippen molar-refractivity contribution in [2.75, 3.05) is 11.9 Å². The van der Waals surface area contributed by atoms with Crippen LogP contribution >= 0.6 is 15.9 Å². The minimum absolute atomic E-state index is 0.465. The molecule has 0 aliphatic rings. The summed E-state index contributed by atoms with van der Waals surface area (Å²) in [7, 11) is 0. The molecule has 86 valence electrons. The molecule has 1 atom stereocenters. The monoisotopic (exact) mass is 281 g/mol. The molecule has 0 spiro atoms. The van der Waals surface area contributed by atoms with Crippen LogP contribution in [-0.4, -0.2) is 11.9 Å². The molecule has 2 nitrogen and oxygen atoms in total. The van der Waals surface area contributed by atoms with Crippen LogP contribution in [0.3, 0.4) is 0 Å². The molecule has 1 rings (SSSR count). The van der Waals surface area contributed by atoms with E-state index in [1.165, 1.54) is 0 Å². The maximum Gasteiger partial charge on any atom is 0.137 e. The third-order valence-electron chi connectivity index (χ3n) is 2.60. The fraction of sp³-hybridized carbons (Fsp3) is 0.462. The van der Waals surface area contributed by atoms with Crippen molar-refractivity contribution in [3.8, 4) is 11.8 Å². The van der Waals surface area contributed by atoms with Crippen molar-refractivity contribution in [1.82, 2.24) is 0 Å². The molecule has 0 aliphatic heterocycles. The minimum atomic E-state index is 0.465. The highest BCUT2D eigenvalue weighted by Crippen LogP contribution is 2.20. The standard InChI is InChI=1S/C13H16BrNO/c1-10(2)12(7-14)9-16-13-6-4-3-5-11(13)8-15/h3-6,10,12H,7,9H2,1-2H3. The number of rotatable bonds is 5. The van der Waals surface area contributed by atoms with E-state index in [1.54, 1.807) is 6.07 Å². The smallest absolute Gasteiger partial charge is 0.137 e. The van der Waals surface area contributed by atoms with Gasteiger partial charge in [0.25, 0.3) is 0 Å². The van der Waals surface area contributed by atoms with Crippen LogP contribution in [0.15, 0.2) is 24.3 Å². The first kappa shape index (κ1) is 13.1. The number of nitriles is 1. The molecule has 0 saturated heterocycles. The van der Waals surface area contributed by atoms with Crippen LogP contribution in [0.4, 0.5) is 0 Å². The van der Waals surface area contributed by atoms with E-state index in [0.29, 0.717) is 29.8 Å². The van der Waals surface area contributed by atoms with Gasteiger partial charge in [0, 0.05) is 11.2 Å². The van der Waals surface area contributed by atoms with Gasteiger partial charge in [0.2, 0.25) is 0 Å². The highest BCUT2D eigenvalue weighted by atomic mass is 79.9. The van der Waals surface area contributed by atoms with Gasteiger partial charge in [0.1, 0.15) is 11.8 Å². The third-order valence-corrected chi connectivity index (χ3v) is 3.43. The van der Waals surface area contributed by atoms with E-state index in [9.17, 15) is 0 Å². The fourth-order valence-corrected chi connectivity index (χ4v) is 2.23. The van der Waals surface area contributed by atoms with Gasteiger partial charge in [-0.05, 0) is 18.1 Å². The van der Waals surface area contributed by atoms with Gasteiger partial charge >= 0.3 is 0 Å². The van der Waals surface area contributed by atoms with E-state index in [1.807, 2.05) is 18.2 Å². The average Bonchev–Trinajstić information content (AvgIpc) is 2.30. The van der Waals surface area contributed by atoms with E-state index < -0.39 is 0 Å². The molecular weight excluding hydrogens is 266 g/mol. The van der Waals surface area contributed by atoms with Gasteiger partial charge < -0.3 is 4.74 Å². The second kappa shape index (κ2) is 6.55. The molecule has 0 radical (unpaired) electrons. The molecule has 16 heavy (non-hydrogen) atoms. The van der Waals surface area contributed by atoms with Crippen LogP contribution in [0.5, 0.6) is 5.75 Å². The predicted molar refractivity (Wildman–Crippen MR) is 68.8 cm³/mol. The van der Waals surface area contributed by atoms with E-state index in [4.69, 9.17) is 10.00 Å². The van der Waals surface area contributed by atoms with Crippen molar-refractivity contribution in [1.29, 1.82) is 5.26 Å². The lowest BCUT2D eigenvalue weighted by atomic mass is 9.99. The van der Waals surface area contributed by atoms with Gasteiger partial charge in [-0.1, -0.05) is 41.9 Å². The molecule has 0 N–H and O–H groups in total. The zero-order valence-corrected chi connectivity index (χ0v) is 11.2. The summed E-state index contributed by atoms with van der Waals surface area (Å²) in [4.78, 5) is 0. The number of para-hydroxylation sites is 1. The fourth-order valence-electron chi connectivity index (χ4n) is 1.30. The summed E-state index contributed by atoms with van der Waals surface area (Å²) in [6.07, 6.45) is 0. The van der Waals surface area contributed by atoms with Crippen molar-refractivity contribution in [3.63, 3.8) is 0 Å².